The van der Waals surface area contributed by atoms with E-state index in [4.69, 9.17) is 4.74 Å². The second-order valence-corrected chi connectivity index (χ2v) is 9.87. The second-order valence-electron chi connectivity index (χ2n) is 9.87. The second kappa shape index (κ2) is 14.8. The lowest BCUT2D eigenvalue weighted by Crippen LogP contribution is -2.05. The van der Waals surface area contributed by atoms with Crippen molar-refractivity contribution in [1.29, 1.82) is 0 Å². The number of esters is 1. The molecule has 0 bridgehead atoms. The molecule has 0 spiro atoms. The van der Waals surface area contributed by atoms with Crippen LogP contribution >= 0.6 is 0 Å². The highest BCUT2D eigenvalue weighted by molar-refractivity contribution is 5.91. The number of carbonyl (C=O) groups excluding carboxylic acids is 1. The van der Waals surface area contributed by atoms with Crippen LogP contribution in [-0.2, 0) is 4.74 Å². The first kappa shape index (κ1) is 27.9. The molecule has 0 saturated heterocycles. The molecule has 0 radical (unpaired) electrons. The molecule has 0 saturated carbocycles. The molecule has 0 aromatic heterocycles. The number of allylic oxidation sites excluding steroid dienone is 1. The molecule has 5 heteroatoms. The summed E-state index contributed by atoms with van der Waals surface area (Å²) < 4.78 is 5.17. The predicted molar refractivity (Wildman–Crippen MR) is 130 cm³/mol. The average molecular weight is 449 g/mol. The molecule has 0 amide bonds. The minimum absolute atomic E-state index is 0.00748. The van der Waals surface area contributed by atoms with Crippen molar-refractivity contribution >= 4 is 5.97 Å². The van der Waals surface area contributed by atoms with E-state index < -0.39 is 23.2 Å². The first-order valence-electron chi connectivity index (χ1n) is 12.2. The molecule has 3 N–H and O–H groups in total. The third kappa shape index (κ3) is 11.4. The number of hydrogen-bond acceptors (Lipinski definition) is 5. The fourth-order valence-corrected chi connectivity index (χ4v) is 3.87. The SMILES string of the molecule is CC(=CCOC(=O)c1cc(O)c(O)c(O)c1)CCCC(C)CCCC(C)CCCC(C)C. The summed E-state index contributed by atoms with van der Waals surface area (Å²) in [4.78, 5) is 12.0. The van der Waals surface area contributed by atoms with Gasteiger partial charge in [0, 0.05) is 0 Å². The van der Waals surface area contributed by atoms with Crippen LogP contribution < -0.4 is 0 Å². The quantitative estimate of drug-likeness (QED) is 0.148. The maximum atomic E-state index is 12.0. The summed E-state index contributed by atoms with van der Waals surface area (Å²) in [5.74, 6) is -0.0391. The third-order valence-corrected chi connectivity index (χ3v) is 6.09. The smallest absolute Gasteiger partial charge is 0.338 e. The minimum atomic E-state index is -0.660. The fraction of sp³-hybridized carbons (Fsp3) is 0.667. The Bertz CT molecular complexity index is 700. The number of aromatic hydroxyl groups is 3. The Balaban J connectivity index is 2.20. The lowest BCUT2D eigenvalue weighted by Gasteiger charge is -2.15. The number of phenolic OH excluding ortho intramolecular Hbond substituents is 3. The van der Waals surface area contributed by atoms with Crippen LogP contribution in [0.5, 0.6) is 17.2 Å². The molecule has 1 aromatic rings. The highest BCUT2D eigenvalue weighted by atomic mass is 16.5. The highest BCUT2D eigenvalue weighted by Crippen LogP contribution is 2.35. The minimum Gasteiger partial charge on any atom is -0.504 e. The van der Waals surface area contributed by atoms with Gasteiger partial charge in [-0.15, -0.1) is 0 Å². The molecule has 0 aliphatic carbocycles. The number of benzene rings is 1. The van der Waals surface area contributed by atoms with Gasteiger partial charge in [0.15, 0.2) is 17.2 Å². The van der Waals surface area contributed by atoms with E-state index in [2.05, 4.69) is 27.7 Å². The Morgan fingerprint density at radius 1 is 0.875 bits per heavy atom. The van der Waals surface area contributed by atoms with E-state index >= 15 is 0 Å². The molecule has 0 heterocycles. The molecule has 2 unspecified atom stereocenters. The molecule has 182 valence electrons. The van der Waals surface area contributed by atoms with Gasteiger partial charge in [0.05, 0.1) is 5.56 Å². The van der Waals surface area contributed by atoms with Gasteiger partial charge in [0.2, 0.25) is 0 Å². The average Bonchev–Trinajstić information content (AvgIpc) is 2.71. The molecule has 0 aliphatic rings. The zero-order chi connectivity index (χ0) is 24.1. The van der Waals surface area contributed by atoms with Gasteiger partial charge in [-0.05, 0) is 55.7 Å². The van der Waals surface area contributed by atoms with E-state index in [-0.39, 0.29) is 12.2 Å². The van der Waals surface area contributed by atoms with Gasteiger partial charge in [-0.25, -0.2) is 4.79 Å². The van der Waals surface area contributed by atoms with Crippen LogP contribution in [0.3, 0.4) is 0 Å². The highest BCUT2D eigenvalue weighted by Gasteiger charge is 2.14. The number of carbonyl (C=O) groups is 1. The van der Waals surface area contributed by atoms with Gasteiger partial charge in [-0.3, -0.25) is 0 Å². The van der Waals surface area contributed by atoms with E-state index in [0.717, 1.165) is 42.7 Å². The Morgan fingerprint density at radius 3 is 1.91 bits per heavy atom. The van der Waals surface area contributed by atoms with E-state index in [1.807, 2.05) is 13.0 Å². The number of hydrogen-bond donors (Lipinski definition) is 3. The van der Waals surface area contributed by atoms with Crippen LogP contribution in [-0.4, -0.2) is 27.9 Å². The fourth-order valence-electron chi connectivity index (χ4n) is 3.87. The molecule has 1 aromatic carbocycles. The predicted octanol–water partition coefficient (Wildman–Crippen LogP) is 7.35. The van der Waals surface area contributed by atoms with Crippen molar-refractivity contribution in [3.63, 3.8) is 0 Å². The maximum absolute atomic E-state index is 12.0. The Kier molecular flexibility index (Phi) is 12.9. The van der Waals surface area contributed by atoms with Crippen LogP contribution in [0.4, 0.5) is 0 Å². The van der Waals surface area contributed by atoms with Crippen LogP contribution in [0.1, 0.15) is 103 Å². The molecular formula is C27H44O5. The van der Waals surface area contributed by atoms with Crippen molar-refractivity contribution in [3.8, 4) is 17.2 Å². The topological polar surface area (TPSA) is 87.0 Å². The largest absolute Gasteiger partial charge is 0.504 e. The van der Waals surface area contributed by atoms with Gasteiger partial charge in [-0.2, -0.15) is 0 Å². The van der Waals surface area contributed by atoms with Crippen molar-refractivity contribution in [2.75, 3.05) is 6.61 Å². The molecular weight excluding hydrogens is 404 g/mol. The summed E-state index contributed by atoms with van der Waals surface area (Å²) in [6.45, 7) is 11.5. The van der Waals surface area contributed by atoms with E-state index in [0.29, 0.717) is 0 Å². The van der Waals surface area contributed by atoms with Gasteiger partial charge >= 0.3 is 5.97 Å². The summed E-state index contributed by atoms with van der Waals surface area (Å²) in [6, 6.07) is 2.14. The van der Waals surface area contributed by atoms with Crippen molar-refractivity contribution in [2.45, 2.75) is 92.4 Å². The first-order valence-corrected chi connectivity index (χ1v) is 12.2. The molecule has 2 atom stereocenters. The van der Waals surface area contributed by atoms with Crippen LogP contribution in [0.2, 0.25) is 0 Å². The van der Waals surface area contributed by atoms with E-state index in [1.54, 1.807) is 0 Å². The summed E-state index contributed by atoms with van der Waals surface area (Å²) in [5, 5.41) is 28.3. The van der Waals surface area contributed by atoms with E-state index in [9.17, 15) is 20.1 Å². The van der Waals surface area contributed by atoms with Gasteiger partial charge in [-0.1, -0.05) is 78.2 Å². The van der Waals surface area contributed by atoms with Crippen molar-refractivity contribution in [2.24, 2.45) is 17.8 Å². The lowest BCUT2D eigenvalue weighted by atomic mass is 9.91. The Labute approximate surface area is 194 Å². The number of phenols is 3. The summed E-state index contributed by atoms with van der Waals surface area (Å²) in [6.07, 6.45) is 13.2. The van der Waals surface area contributed by atoms with Gasteiger partial charge in [0.25, 0.3) is 0 Å². The molecule has 0 aliphatic heterocycles. The molecule has 5 nitrogen and oxygen atoms in total. The molecule has 32 heavy (non-hydrogen) atoms. The summed E-state index contributed by atoms with van der Waals surface area (Å²) in [7, 11) is 0. The number of ether oxygens (including phenoxy) is 1. The standard InChI is InChI=1S/C27H44O5/c1-19(2)9-6-10-20(3)11-7-12-21(4)13-8-14-22(5)15-16-32-27(31)23-17-24(28)26(30)25(29)18-23/h15,17-21,28-30H,6-14,16H2,1-5H3. The Hall–Kier alpha value is -2.17. The zero-order valence-corrected chi connectivity index (χ0v) is 20.7. The Morgan fingerprint density at radius 2 is 1.38 bits per heavy atom. The lowest BCUT2D eigenvalue weighted by molar-refractivity contribution is 0.0548. The van der Waals surface area contributed by atoms with Gasteiger partial charge < -0.3 is 20.1 Å². The van der Waals surface area contributed by atoms with Crippen LogP contribution in [0.25, 0.3) is 0 Å². The molecule has 0 fully saturated rings. The normalized spacial score (nSPS) is 13.9. The third-order valence-electron chi connectivity index (χ3n) is 6.09. The van der Waals surface area contributed by atoms with Crippen molar-refractivity contribution in [3.05, 3.63) is 29.3 Å². The van der Waals surface area contributed by atoms with Crippen molar-refractivity contribution in [1.82, 2.24) is 0 Å². The van der Waals surface area contributed by atoms with E-state index in [1.165, 1.54) is 50.5 Å². The monoisotopic (exact) mass is 448 g/mol. The molecule has 1 rings (SSSR count). The summed E-state index contributed by atoms with van der Waals surface area (Å²) >= 11 is 0. The first-order chi connectivity index (χ1) is 15.1. The summed E-state index contributed by atoms with van der Waals surface area (Å²) in [5.41, 5.74) is 1.17. The van der Waals surface area contributed by atoms with Crippen LogP contribution in [0, 0.1) is 17.8 Å². The van der Waals surface area contributed by atoms with Crippen molar-refractivity contribution < 1.29 is 24.9 Å². The maximum Gasteiger partial charge on any atom is 0.338 e. The van der Waals surface area contributed by atoms with Crippen LogP contribution in [0.15, 0.2) is 23.8 Å². The number of rotatable bonds is 15. The zero-order valence-electron chi connectivity index (χ0n) is 20.7. The van der Waals surface area contributed by atoms with Gasteiger partial charge in [0.1, 0.15) is 6.61 Å².